The molecule has 2 aliphatic rings. The Bertz CT molecular complexity index is 1180. The molecule has 5 rings (SSSR count). The van der Waals surface area contributed by atoms with Gasteiger partial charge in [-0.25, -0.2) is 14.8 Å². The van der Waals surface area contributed by atoms with Crippen LogP contribution in [0.2, 0.25) is 0 Å². The molecule has 2 aliphatic heterocycles. The van der Waals surface area contributed by atoms with Crippen molar-refractivity contribution < 1.29 is 9.53 Å². The molecule has 0 spiro atoms. The first kappa shape index (κ1) is 22.8. The van der Waals surface area contributed by atoms with Crippen LogP contribution in [0.25, 0.3) is 0 Å². The van der Waals surface area contributed by atoms with E-state index in [0.717, 1.165) is 46.1 Å². The number of ether oxygens (including phenoxy) is 1. The van der Waals surface area contributed by atoms with Crippen LogP contribution in [0, 0.1) is 6.92 Å². The summed E-state index contributed by atoms with van der Waals surface area (Å²) in [5.74, 6) is 1.77. The second kappa shape index (κ2) is 10.1. The van der Waals surface area contributed by atoms with E-state index < -0.39 is 0 Å². The van der Waals surface area contributed by atoms with E-state index in [1.165, 1.54) is 11.1 Å². The normalized spacial score (nSPS) is 15.7. The Labute approximate surface area is 208 Å². The zero-order valence-electron chi connectivity index (χ0n) is 19.3. The van der Waals surface area contributed by atoms with E-state index in [1.807, 2.05) is 29.2 Å². The molecule has 0 atom stereocenters. The van der Waals surface area contributed by atoms with Gasteiger partial charge in [-0.2, -0.15) is 0 Å². The SMILES string of the molecule is Cc1cccc(Cc2nc3c(c(N4CCOCC4)n2)CN(C(=O)Nc2ccc(Br)cc2)CC3)c1. The first-order valence-corrected chi connectivity index (χ1v) is 12.4. The number of hydrogen-bond donors (Lipinski definition) is 1. The fourth-order valence-electron chi connectivity index (χ4n) is 4.48. The van der Waals surface area contributed by atoms with Gasteiger partial charge in [0.15, 0.2) is 0 Å². The number of fused-ring (bicyclic) bond motifs is 1. The summed E-state index contributed by atoms with van der Waals surface area (Å²) < 4.78 is 6.55. The van der Waals surface area contributed by atoms with Crippen molar-refractivity contribution in [2.45, 2.75) is 26.3 Å². The molecule has 1 aromatic heterocycles. The van der Waals surface area contributed by atoms with Crippen molar-refractivity contribution in [3.05, 3.63) is 81.2 Å². The van der Waals surface area contributed by atoms with Gasteiger partial charge in [-0.15, -0.1) is 0 Å². The monoisotopic (exact) mass is 521 g/mol. The van der Waals surface area contributed by atoms with Crippen LogP contribution in [-0.4, -0.2) is 53.7 Å². The number of aromatic nitrogens is 2. The Morgan fingerprint density at radius 2 is 1.88 bits per heavy atom. The lowest BCUT2D eigenvalue weighted by Crippen LogP contribution is -2.42. The topological polar surface area (TPSA) is 70.6 Å². The third-order valence-electron chi connectivity index (χ3n) is 6.22. The lowest BCUT2D eigenvalue weighted by molar-refractivity contribution is 0.122. The van der Waals surface area contributed by atoms with Crippen LogP contribution in [0.4, 0.5) is 16.3 Å². The van der Waals surface area contributed by atoms with Gasteiger partial charge in [-0.3, -0.25) is 0 Å². The van der Waals surface area contributed by atoms with Crippen molar-refractivity contribution in [2.75, 3.05) is 43.1 Å². The molecule has 34 heavy (non-hydrogen) atoms. The first-order valence-electron chi connectivity index (χ1n) is 11.6. The number of aryl methyl sites for hydroxylation is 1. The van der Waals surface area contributed by atoms with E-state index in [1.54, 1.807) is 0 Å². The van der Waals surface area contributed by atoms with E-state index in [-0.39, 0.29) is 6.03 Å². The minimum Gasteiger partial charge on any atom is -0.378 e. The molecule has 7 nitrogen and oxygen atoms in total. The smallest absolute Gasteiger partial charge is 0.322 e. The van der Waals surface area contributed by atoms with E-state index in [4.69, 9.17) is 14.7 Å². The maximum atomic E-state index is 13.0. The Balaban J connectivity index is 1.41. The standard InChI is InChI=1S/C26H28BrN5O2/c1-18-3-2-4-19(15-18)16-24-29-23-9-10-32(26(33)28-21-7-5-20(27)6-8-21)17-22(23)25(30-24)31-11-13-34-14-12-31/h2-8,15H,9-14,16-17H2,1H3,(H,28,33). The molecule has 3 aromatic rings. The highest BCUT2D eigenvalue weighted by atomic mass is 79.9. The Hall–Kier alpha value is -2.97. The van der Waals surface area contributed by atoms with Crippen LogP contribution < -0.4 is 10.2 Å². The van der Waals surface area contributed by atoms with E-state index >= 15 is 0 Å². The minimum absolute atomic E-state index is 0.107. The lowest BCUT2D eigenvalue weighted by atomic mass is 10.0. The first-order chi connectivity index (χ1) is 16.5. The maximum Gasteiger partial charge on any atom is 0.322 e. The van der Waals surface area contributed by atoms with Gasteiger partial charge in [0, 0.05) is 48.2 Å². The Kier molecular flexibility index (Phi) is 6.78. The molecule has 2 amide bonds. The summed E-state index contributed by atoms with van der Waals surface area (Å²) in [6.07, 6.45) is 1.41. The zero-order chi connectivity index (χ0) is 23.5. The molecule has 2 aromatic carbocycles. The third kappa shape index (κ3) is 5.23. The van der Waals surface area contributed by atoms with Crippen molar-refractivity contribution >= 4 is 33.5 Å². The summed E-state index contributed by atoms with van der Waals surface area (Å²) in [7, 11) is 0. The van der Waals surface area contributed by atoms with Gasteiger partial charge in [0.05, 0.1) is 25.5 Å². The number of nitrogens with one attached hydrogen (secondary N) is 1. The summed E-state index contributed by atoms with van der Waals surface area (Å²) in [5, 5.41) is 3.01. The van der Waals surface area contributed by atoms with Crippen LogP contribution in [0.1, 0.15) is 28.2 Å². The highest BCUT2D eigenvalue weighted by Crippen LogP contribution is 2.28. The number of rotatable bonds is 4. The largest absolute Gasteiger partial charge is 0.378 e. The summed E-state index contributed by atoms with van der Waals surface area (Å²) in [6, 6.07) is 16.0. The molecule has 0 aliphatic carbocycles. The van der Waals surface area contributed by atoms with Gasteiger partial charge in [0.2, 0.25) is 0 Å². The number of carbonyl (C=O) groups is 1. The second-order valence-electron chi connectivity index (χ2n) is 8.76. The second-order valence-corrected chi connectivity index (χ2v) is 9.68. The number of urea groups is 1. The van der Waals surface area contributed by atoms with Gasteiger partial charge in [-0.1, -0.05) is 45.8 Å². The number of anilines is 2. The maximum absolute atomic E-state index is 13.0. The summed E-state index contributed by atoms with van der Waals surface area (Å²) >= 11 is 3.43. The molecule has 0 radical (unpaired) electrons. The molecule has 1 N–H and O–H groups in total. The van der Waals surface area contributed by atoms with Crippen molar-refractivity contribution in [2.24, 2.45) is 0 Å². The quantitative estimate of drug-likeness (QED) is 0.544. The van der Waals surface area contributed by atoms with Crippen molar-refractivity contribution in [3.8, 4) is 0 Å². The van der Waals surface area contributed by atoms with Crippen LogP contribution >= 0.6 is 15.9 Å². The minimum atomic E-state index is -0.107. The average molecular weight is 522 g/mol. The number of hydrogen-bond acceptors (Lipinski definition) is 5. The Morgan fingerprint density at radius 3 is 2.65 bits per heavy atom. The summed E-state index contributed by atoms with van der Waals surface area (Å²) in [5.41, 5.74) is 5.31. The van der Waals surface area contributed by atoms with Gasteiger partial charge < -0.3 is 19.9 Å². The van der Waals surface area contributed by atoms with Gasteiger partial charge in [0.25, 0.3) is 0 Å². The number of carbonyl (C=O) groups excluding carboxylic acids is 1. The fraction of sp³-hybridized carbons (Fsp3) is 0.346. The van der Waals surface area contributed by atoms with Crippen molar-refractivity contribution in [3.63, 3.8) is 0 Å². The van der Waals surface area contributed by atoms with Crippen LogP contribution in [0.3, 0.4) is 0 Å². The number of amides is 2. The third-order valence-corrected chi connectivity index (χ3v) is 6.75. The summed E-state index contributed by atoms with van der Waals surface area (Å²) in [4.78, 5) is 27.1. The average Bonchev–Trinajstić information content (AvgIpc) is 2.85. The van der Waals surface area contributed by atoms with Crippen LogP contribution in [0.5, 0.6) is 0 Å². The molecular formula is C26H28BrN5O2. The number of halogens is 1. The predicted molar refractivity (Wildman–Crippen MR) is 136 cm³/mol. The highest BCUT2D eigenvalue weighted by molar-refractivity contribution is 9.10. The number of morpholine rings is 1. The van der Waals surface area contributed by atoms with Crippen molar-refractivity contribution in [1.82, 2.24) is 14.9 Å². The molecule has 8 heteroatoms. The molecule has 0 bridgehead atoms. The van der Waals surface area contributed by atoms with E-state index in [9.17, 15) is 4.79 Å². The summed E-state index contributed by atoms with van der Waals surface area (Å²) in [6.45, 7) is 6.16. The predicted octanol–water partition coefficient (Wildman–Crippen LogP) is 4.57. The van der Waals surface area contributed by atoms with Crippen LogP contribution in [0.15, 0.2) is 53.0 Å². The van der Waals surface area contributed by atoms with E-state index in [0.29, 0.717) is 39.1 Å². The number of benzene rings is 2. The molecular weight excluding hydrogens is 494 g/mol. The molecule has 176 valence electrons. The number of nitrogens with zero attached hydrogens (tertiary/aromatic N) is 4. The fourth-order valence-corrected chi connectivity index (χ4v) is 4.74. The van der Waals surface area contributed by atoms with Crippen LogP contribution in [-0.2, 0) is 24.1 Å². The van der Waals surface area contributed by atoms with Gasteiger partial charge in [-0.05, 0) is 36.8 Å². The van der Waals surface area contributed by atoms with E-state index in [2.05, 4.69) is 57.3 Å². The molecule has 0 saturated carbocycles. The zero-order valence-corrected chi connectivity index (χ0v) is 20.8. The molecule has 0 unspecified atom stereocenters. The van der Waals surface area contributed by atoms with Gasteiger partial charge >= 0.3 is 6.03 Å². The van der Waals surface area contributed by atoms with Crippen molar-refractivity contribution in [1.29, 1.82) is 0 Å². The molecule has 3 heterocycles. The molecule has 1 saturated heterocycles. The highest BCUT2D eigenvalue weighted by Gasteiger charge is 2.28. The van der Waals surface area contributed by atoms with Gasteiger partial charge in [0.1, 0.15) is 11.6 Å². The Morgan fingerprint density at radius 1 is 1.09 bits per heavy atom. The lowest BCUT2D eigenvalue weighted by Gasteiger charge is -2.34. The molecule has 1 fully saturated rings.